The van der Waals surface area contributed by atoms with Crippen molar-refractivity contribution < 1.29 is 63.0 Å². The summed E-state index contributed by atoms with van der Waals surface area (Å²) >= 11 is 0. The number of rotatable bonds is 5. The molecule has 1 radical (unpaired) electrons. The first-order chi connectivity index (χ1) is 25.1. The molecule has 2 fully saturated rings. The maximum atomic E-state index is 15.6. The minimum absolute atomic E-state index is 0. The van der Waals surface area contributed by atoms with Gasteiger partial charge in [-0.25, -0.2) is 8.78 Å². The van der Waals surface area contributed by atoms with Gasteiger partial charge < -0.3 is 55.2 Å². The Morgan fingerprint density at radius 2 is 1.18 bits per heavy atom. The fourth-order valence-electron chi connectivity index (χ4n) is 6.18. The molecule has 1 aliphatic heterocycles. The maximum absolute atomic E-state index is 15.6. The van der Waals surface area contributed by atoms with Crippen molar-refractivity contribution in [1.29, 1.82) is 0 Å². The summed E-state index contributed by atoms with van der Waals surface area (Å²) in [7, 11) is 0. The van der Waals surface area contributed by atoms with Crippen molar-refractivity contribution in [1.82, 2.24) is 29.8 Å². The smallest absolute Gasteiger partial charge is 1.00 e. The van der Waals surface area contributed by atoms with E-state index in [1.54, 1.807) is 29.7 Å². The van der Waals surface area contributed by atoms with Gasteiger partial charge in [-0.3, -0.25) is 24.7 Å². The minimum atomic E-state index is -1.70. The monoisotopic (exact) mass is 875 g/mol. The zero-order valence-corrected chi connectivity index (χ0v) is 33.0. The van der Waals surface area contributed by atoms with Gasteiger partial charge in [0.25, 0.3) is 0 Å². The quantitative estimate of drug-likeness (QED) is 0.164. The molecule has 55 heavy (non-hydrogen) atoms. The molecular weight excluding hydrogens is 838 g/mol. The number of carbonyl (C=O) groups excluding carboxylic acids is 1. The van der Waals surface area contributed by atoms with Gasteiger partial charge in [-0.15, -0.1) is 0 Å². The fourth-order valence-corrected chi connectivity index (χ4v) is 6.18. The van der Waals surface area contributed by atoms with Gasteiger partial charge in [0.2, 0.25) is 5.43 Å². The second kappa shape index (κ2) is 20.2. The van der Waals surface area contributed by atoms with Crippen LogP contribution in [0.1, 0.15) is 43.1 Å². The van der Waals surface area contributed by atoms with Crippen molar-refractivity contribution >= 4 is 28.2 Å². The number of nitrogens with zero attached hydrogens (tertiary/aromatic N) is 6. The maximum Gasteiger partial charge on any atom is 3.00 e. The third kappa shape index (κ3) is 10.5. The van der Waals surface area contributed by atoms with Gasteiger partial charge in [0.05, 0.1) is 50.9 Å². The van der Waals surface area contributed by atoms with Gasteiger partial charge in [0.15, 0.2) is 11.6 Å². The van der Waals surface area contributed by atoms with Crippen LogP contribution in [0.15, 0.2) is 109 Å². The van der Waals surface area contributed by atoms with Gasteiger partial charge in [0.1, 0.15) is 5.69 Å². The SMILES string of the molecule is C[C@@H]1CN(c2c(F)c(N)c3c(=O)c(C(=O)[O-])cn(C4CC4)c3c2F)C[C@H](C)N1.[Cl-].[Cl-].[Ru+3].c1ccc(-c2ccccn2)nc1.c1ccc(-c2ccccn2)nc1. The standard InChI is InChI=1S/C19H22F2N4O3.2C10H8N2.2ClH.Ru/c1-8-5-24(6-9(2)23-8)17-13(20)15(22)12-16(14(17)21)25(10-3-4-10)7-11(18(12)26)19(27)28;2*1-3-7-11-9(5-1)10-6-2-4-8-12-10;;;/h7-10,23H,3-6,22H2,1-2H3,(H,27,28);2*1-8H;2*1H;/q;;;;;+3/p-3/t8-,9+;;;;;. The molecule has 5 aromatic heterocycles. The van der Waals surface area contributed by atoms with Crippen LogP contribution in [0.5, 0.6) is 0 Å². The number of carboxylic acids is 1. The van der Waals surface area contributed by atoms with Crippen molar-refractivity contribution in [3.05, 3.63) is 131 Å². The van der Waals surface area contributed by atoms with Crippen LogP contribution >= 0.6 is 0 Å². The normalized spacial score (nSPS) is 15.7. The molecule has 8 rings (SSSR count). The number of hydrogen-bond acceptors (Lipinski definition) is 10. The summed E-state index contributed by atoms with van der Waals surface area (Å²) in [5.41, 5.74) is 6.93. The largest absolute Gasteiger partial charge is 3.00 e. The molecule has 16 heteroatoms. The van der Waals surface area contributed by atoms with Crippen molar-refractivity contribution in [3.63, 3.8) is 0 Å². The predicted octanol–water partition coefficient (Wildman–Crippen LogP) is -0.960. The number of nitrogens with one attached hydrogen (secondary N) is 1. The number of aromatic carboxylic acids is 1. The molecule has 0 unspecified atom stereocenters. The van der Waals surface area contributed by atoms with E-state index < -0.39 is 39.7 Å². The Morgan fingerprint density at radius 3 is 1.53 bits per heavy atom. The van der Waals surface area contributed by atoms with Crippen molar-refractivity contribution in [2.24, 2.45) is 0 Å². The second-order valence-corrected chi connectivity index (χ2v) is 12.6. The molecule has 6 aromatic rings. The third-order valence-corrected chi connectivity index (χ3v) is 8.58. The van der Waals surface area contributed by atoms with Crippen LogP contribution in [-0.4, -0.2) is 55.6 Å². The van der Waals surface area contributed by atoms with E-state index in [4.69, 9.17) is 5.73 Å². The first kappa shape index (κ1) is 44.5. The first-order valence-corrected chi connectivity index (χ1v) is 16.9. The molecule has 6 heterocycles. The van der Waals surface area contributed by atoms with Crippen LogP contribution in [-0.2, 0) is 19.5 Å². The van der Waals surface area contributed by atoms with Crippen LogP contribution in [0, 0.1) is 11.6 Å². The number of piperazine rings is 1. The van der Waals surface area contributed by atoms with E-state index in [-0.39, 0.29) is 73.6 Å². The number of hydrogen-bond donors (Lipinski definition) is 2. The second-order valence-electron chi connectivity index (χ2n) is 12.6. The Morgan fingerprint density at radius 1 is 0.764 bits per heavy atom. The van der Waals surface area contributed by atoms with E-state index in [1.165, 1.54) is 4.57 Å². The van der Waals surface area contributed by atoms with E-state index >= 15 is 8.78 Å². The number of benzene rings is 1. The molecule has 1 aliphatic carbocycles. The molecule has 0 bridgehead atoms. The average Bonchev–Trinajstić information content (AvgIpc) is 4.01. The van der Waals surface area contributed by atoms with Crippen LogP contribution in [0.2, 0.25) is 0 Å². The molecule has 1 aromatic carbocycles. The summed E-state index contributed by atoms with van der Waals surface area (Å²) in [6.07, 6.45) is 9.57. The molecule has 1 saturated heterocycles. The van der Waals surface area contributed by atoms with Gasteiger partial charge >= 0.3 is 19.5 Å². The first-order valence-electron chi connectivity index (χ1n) is 16.9. The zero-order chi connectivity index (χ0) is 36.8. The van der Waals surface area contributed by atoms with Crippen molar-refractivity contribution in [2.45, 2.75) is 44.8 Å². The summed E-state index contributed by atoms with van der Waals surface area (Å²) < 4.78 is 32.2. The Bertz CT molecular complexity index is 2060. The van der Waals surface area contributed by atoms with E-state index in [9.17, 15) is 14.7 Å². The molecular formula is C39H37Cl2F2N8O3Ru. The molecule has 0 spiro atoms. The number of halogens is 4. The third-order valence-electron chi connectivity index (χ3n) is 8.58. The van der Waals surface area contributed by atoms with E-state index in [0.717, 1.165) is 29.0 Å². The van der Waals surface area contributed by atoms with Crippen LogP contribution in [0.3, 0.4) is 0 Å². The number of pyridine rings is 5. The Kier molecular flexibility index (Phi) is 16.3. The summed E-state index contributed by atoms with van der Waals surface area (Å²) in [5, 5.41) is 14.2. The molecule has 2 aliphatic rings. The van der Waals surface area contributed by atoms with Gasteiger partial charge in [0, 0.05) is 62.2 Å². The van der Waals surface area contributed by atoms with Crippen LogP contribution < -0.4 is 51.3 Å². The Balaban J connectivity index is 0.000000250. The minimum Gasteiger partial charge on any atom is -1.00 e. The number of nitrogen functional groups attached to an aromatic ring is 1. The molecule has 287 valence electrons. The molecule has 2 atom stereocenters. The van der Waals surface area contributed by atoms with E-state index in [0.29, 0.717) is 25.9 Å². The van der Waals surface area contributed by atoms with Gasteiger partial charge in [-0.05, 0) is 75.2 Å². The molecule has 11 nitrogen and oxygen atoms in total. The van der Waals surface area contributed by atoms with Crippen molar-refractivity contribution in [2.75, 3.05) is 23.7 Å². The number of nitrogens with two attached hydrogens (primary N) is 1. The number of carboxylic acid groups (broad SMARTS) is 1. The van der Waals surface area contributed by atoms with E-state index in [1.807, 2.05) is 86.6 Å². The molecule has 0 amide bonds. The zero-order valence-electron chi connectivity index (χ0n) is 29.7. The predicted molar refractivity (Wildman–Crippen MR) is 194 cm³/mol. The summed E-state index contributed by atoms with van der Waals surface area (Å²) in [6.45, 7) is 4.56. The average molecular weight is 876 g/mol. The van der Waals surface area contributed by atoms with E-state index in [2.05, 4.69) is 25.3 Å². The summed E-state index contributed by atoms with van der Waals surface area (Å²) in [4.78, 5) is 42.3. The fraction of sp³-hybridized carbons (Fsp3) is 0.231. The van der Waals surface area contributed by atoms with Gasteiger partial charge in [-0.1, -0.05) is 24.3 Å². The molecule has 1 saturated carbocycles. The summed E-state index contributed by atoms with van der Waals surface area (Å²) in [5.74, 6) is -3.63. The van der Waals surface area contributed by atoms with Gasteiger partial charge in [-0.2, -0.15) is 0 Å². The number of carbonyl (C=O) groups is 1. The summed E-state index contributed by atoms with van der Waals surface area (Å²) in [6, 6.07) is 23.0. The van der Waals surface area contributed by atoms with Crippen LogP contribution in [0.25, 0.3) is 33.7 Å². The van der Waals surface area contributed by atoms with Crippen molar-refractivity contribution in [3.8, 4) is 22.8 Å². The Labute approximate surface area is 342 Å². The van der Waals surface area contributed by atoms with Crippen LogP contribution in [0.4, 0.5) is 20.2 Å². The topological polar surface area (TPSA) is 155 Å². The molecule has 3 N–H and O–H groups in total. The number of aromatic nitrogens is 5. The Hall–Kier alpha value is -4.88. The number of fused-ring (bicyclic) bond motifs is 1. The number of anilines is 2.